The van der Waals surface area contributed by atoms with Crippen molar-refractivity contribution in [2.45, 2.75) is 39.5 Å². The van der Waals surface area contributed by atoms with Crippen LogP contribution in [0.3, 0.4) is 0 Å². The highest BCUT2D eigenvalue weighted by atomic mass is 16.2. The first-order chi connectivity index (χ1) is 14.6. The van der Waals surface area contributed by atoms with Gasteiger partial charge in [0.2, 0.25) is 0 Å². The van der Waals surface area contributed by atoms with E-state index in [-0.39, 0.29) is 11.5 Å². The summed E-state index contributed by atoms with van der Waals surface area (Å²) in [4.78, 5) is 33.7. The van der Waals surface area contributed by atoms with Crippen molar-refractivity contribution in [1.82, 2.24) is 14.5 Å². The fraction of sp³-hybridized carbons (Fsp3) is 0.320. The average Bonchev–Trinajstić information content (AvgIpc) is 2.79. The third kappa shape index (κ3) is 3.92. The average molecular weight is 402 g/mol. The van der Waals surface area contributed by atoms with Crippen LogP contribution >= 0.6 is 0 Å². The minimum atomic E-state index is -0.193. The van der Waals surface area contributed by atoms with Gasteiger partial charge in [0, 0.05) is 19.5 Å². The van der Waals surface area contributed by atoms with Crippen LogP contribution in [0, 0.1) is 6.92 Å². The van der Waals surface area contributed by atoms with E-state index in [1.54, 1.807) is 6.07 Å². The molecule has 1 fully saturated rings. The van der Waals surface area contributed by atoms with Crippen LogP contribution in [0.1, 0.15) is 43.1 Å². The van der Waals surface area contributed by atoms with E-state index in [4.69, 9.17) is 4.98 Å². The first-order valence-corrected chi connectivity index (χ1v) is 10.7. The second-order valence-electron chi connectivity index (χ2n) is 7.83. The number of nitrogens with zero attached hydrogens (tertiary/aromatic N) is 3. The van der Waals surface area contributed by atoms with E-state index in [1.807, 2.05) is 67.3 Å². The first-order valence-electron chi connectivity index (χ1n) is 10.7. The lowest BCUT2D eigenvalue weighted by molar-refractivity contribution is -0.126. The number of aromatic nitrogens is 2. The second-order valence-corrected chi connectivity index (χ2v) is 7.83. The number of aryl methyl sites for hydroxylation is 2. The minimum Gasteiger partial charge on any atom is -0.337 e. The van der Waals surface area contributed by atoms with Gasteiger partial charge in [0.05, 0.1) is 10.9 Å². The summed E-state index contributed by atoms with van der Waals surface area (Å²) < 4.78 is 1.53. The van der Waals surface area contributed by atoms with Crippen molar-refractivity contribution in [3.63, 3.8) is 0 Å². The number of benzene rings is 2. The molecule has 0 spiro atoms. The zero-order chi connectivity index (χ0) is 21.1. The van der Waals surface area contributed by atoms with Crippen molar-refractivity contribution in [2.75, 3.05) is 13.1 Å². The number of hydrogen-bond acceptors (Lipinski definition) is 3. The summed E-state index contributed by atoms with van der Waals surface area (Å²) >= 11 is 0. The molecule has 0 unspecified atom stereocenters. The van der Waals surface area contributed by atoms with Crippen LogP contribution in [-0.2, 0) is 11.2 Å². The molecule has 1 aliphatic rings. The molecule has 0 aliphatic carbocycles. The first kappa shape index (κ1) is 20.1. The summed E-state index contributed by atoms with van der Waals surface area (Å²) in [5.41, 5.74) is 2.88. The van der Waals surface area contributed by atoms with Crippen LogP contribution in [0.4, 0.5) is 0 Å². The summed E-state index contributed by atoms with van der Waals surface area (Å²) in [5, 5.41) is 0.524. The fourth-order valence-corrected chi connectivity index (χ4v) is 3.97. The molecule has 1 aliphatic heterocycles. The van der Waals surface area contributed by atoms with Gasteiger partial charge in [0.15, 0.2) is 0 Å². The Morgan fingerprint density at radius 1 is 1.03 bits per heavy atom. The van der Waals surface area contributed by atoms with Gasteiger partial charge in [-0.05, 0) is 50.0 Å². The molecular weight excluding hydrogens is 374 g/mol. The summed E-state index contributed by atoms with van der Waals surface area (Å²) in [7, 11) is 0. The monoisotopic (exact) mass is 401 g/mol. The third-order valence-electron chi connectivity index (χ3n) is 5.65. The molecule has 1 aromatic heterocycles. The predicted octanol–water partition coefficient (Wildman–Crippen LogP) is 4.28. The molecule has 5 nitrogen and oxygen atoms in total. The van der Waals surface area contributed by atoms with Gasteiger partial charge in [-0.25, -0.2) is 4.98 Å². The standard InChI is InChI=1S/C25H27N3O2/c1-3-23-26-21-10-6-5-9-20(21)24(29)28(23)22(17-19-13-11-18(2)12-14-19)25(30)27-15-7-4-8-16-27/h5-6,9-14,17H,3-4,7-8,15-16H2,1-2H3/b22-17+. The van der Waals surface area contributed by atoms with Gasteiger partial charge < -0.3 is 4.90 Å². The zero-order valence-corrected chi connectivity index (χ0v) is 17.6. The van der Waals surface area contributed by atoms with Crippen LogP contribution in [0.25, 0.3) is 22.7 Å². The van der Waals surface area contributed by atoms with Crippen LogP contribution in [0.5, 0.6) is 0 Å². The van der Waals surface area contributed by atoms with E-state index in [2.05, 4.69) is 0 Å². The van der Waals surface area contributed by atoms with Crippen molar-refractivity contribution in [2.24, 2.45) is 0 Å². The van der Waals surface area contributed by atoms with E-state index >= 15 is 0 Å². The molecule has 4 rings (SSSR count). The lowest BCUT2D eigenvalue weighted by atomic mass is 10.1. The molecular formula is C25H27N3O2. The molecule has 0 atom stereocenters. The quantitative estimate of drug-likeness (QED) is 0.613. The van der Waals surface area contributed by atoms with E-state index in [1.165, 1.54) is 4.57 Å². The number of hydrogen-bond donors (Lipinski definition) is 0. The lowest BCUT2D eigenvalue weighted by Gasteiger charge is -2.28. The van der Waals surface area contributed by atoms with Gasteiger partial charge in [-0.1, -0.05) is 48.9 Å². The van der Waals surface area contributed by atoms with Gasteiger partial charge in [0.25, 0.3) is 11.5 Å². The molecule has 0 radical (unpaired) electrons. The number of amides is 1. The number of piperidine rings is 1. The van der Waals surface area contributed by atoms with Crippen molar-refractivity contribution >= 4 is 28.6 Å². The predicted molar refractivity (Wildman–Crippen MR) is 121 cm³/mol. The Labute approximate surface area is 176 Å². The second kappa shape index (κ2) is 8.66. The Morgan fingerprint density at radius 3 is 2.43 bits per heavy atom. The molecule has 2 heterocycles. The summed E-state index contributed by atoms with van der Waals surface area (Å²) in [6.07, 6.45) is 5.51. The normalized spacial score (nSPS) is 14.9. The molecule has 30 heavy (non-hydrogen) atoms. The van der Waals surface area contributed by atoms with Gasteiger partial charge in [-0.2, -0.15) is 0 Å². The lowest BCUT2D eigenvalue weighted by Crippen LogP contribution is -2.39. The topological polar surface area (TPSA) is 55.2 Å². The number of carbonyl (C=O) groups excluding carboxylic acids is 1. The minimum absolute atomic E-state index is 0.107. The van der Waals surface area contributed by atoms with Crippen LogP contribution in [0.15, 0.2) is 53.3 Å². The van der Waals surface area contributed by atoms with Gasteiger partial charge >= 0.3 is 0 Å². The number of likely N-dealkylation sites (tertiary alicyclic amines) is 1. The maximum Gasteiger partial charge on any atom is 0.271 e. The largest absolute Gasteiger partial charge is 0.337 e. The number of rotatable bonds is 4. The molecule has 1 amide bonds. The maximum absolute atomic E-state index is 13.6. The Balaban J connectivity index is 1.93. The van der Waals surface area contributed by atoms with E-state index in [9.17, 15) is 9.59 Å². The van der Waals surface area contributed by atoms with Crippen molar-refractivity contribution in [3.05, 3.63) is 75.8 Å². The SMILES string of the molecule is CCc1nc2ccccc2c(=O)n1/C(=C/c1ccc(C)cc1)C(=O)N1CCCCC1. The molecule has 2 aromatic carbocycles. The van der Waals surface area contributed by atoms with Gasteiger partial charge in [-0.3, -0.25) is 14.2 Å². The highest BCUT2D eigenvalue weighted by Gasteiger charge is 2.25. The molecule has 0 saturated carbocycles. The van der Waals surface area contributed by atoms with E-state index < -0.39 is 0 Å². The Kier molecular flexibility index (Phi) is 5.79. The molecule has 0 bridgehead atoms. The molecule has 3 aromatic rings. The van der Waals surface area contributed by atoms with Gasteiger partial charge in [0.1, 0.15) is 11.5 Å². The van der Waals surface area contributed by atoms with Crippen LogP contribution in [0.2, 0.25) is 0 Å². The summed E-state index contributed by atoms with van der Waals surface area (Å²) in [6, 6.07) is 15.3. The van der Waals surface area contributed by atoms with Crippen molar-refractivity contribution in [3.8, 4) is 0 Å². The summed E-state index contributed by atoms with van der Waals surface area (Å²) in [6.45, 7) is 5.44. The Hall–Kier alpha value is -3.21. The fourth-order valence-electron chi connectivity index (χ4n) is 3.97. The van der Waals surface area contributed by atoms with Crippen molar-refractivity contribution < 1.29 is 4.79 Å². The summed E-state index contributed by atoms with van der Waals surface area (Å²) in [5.74, 6) is 0.492. The maximum atomic E-state index is 13.6. The Bertz CT molecular complexity index is 1150. The van der Waals surface area contributed by atoms with Crippen molar-refractivity contribution in [1.29, 1.82) is 0 Å². The Morgan fingerprint density at radius 2 is 1.73 bits per heavy atom. The number of para-hydroxylation sites is 1. The number of fused-ring (bicyclic) bond motifs is 1. The van der Waals surface area contributed by atoms with Gasteiger partial charge in [-0.15, -0.1) is 0 Å². The highest BCUT2D eigenvalue weighted by Crippen LogP contribution is 2.20. The van der Waals surface area contributed by atoms with E-state index in [0.717, 1.165) is 43.5 Å². The zero-order valence-electron chi connectivity index (χ0n) is 17.6. The molecule has 154 valence electrons. The smallest absolute Gasteiger partial charge is 0.271 e. The molecule has 1 saturated heterocycles. The van der Waals surface area contributed by atoms with Crippen LogP contribution in [-0.4, -0.2) is 33.4 Å². The molecule has 5 heteroatoms. The highest BCUT2D eigenvalue weighted by molar-refractivity contribution is 6.18. The van der Waals surface area contributed by atoms with Crippen LogP contribution < -0.4 is 5.56 Å². The number of carbonyl (C=O) groups is 1. The third-order valence-corrected chi connectivity index (χ3v) is 5.65. The van der Waals surface area contributed by atoms with E-state index in [0.29, 0.717) is 28.8 Å². The molecule has 0 N–H and O–H groups in total.